The topological polar surface area (TPSA) is 265 Å². The molecule has 0 bridgehead atoms. The van der Waals surface area contributed by atoms with Gasteiger partial charge in [0.05, 0.1) is 49.9 Å². The van der Waals surface area contributed by atoms with E-state index in [-0.39, 0.29) is 74.1 Å². The van der Waals surface area contributed by atoms with Crippen molar-refractivity contribution in [2.75, 3.05) is 53.3 Å². The number of carbonyl (C=O) groups is 5. The first-order valence-corrected chi connectivity index (χ1v) is 21.6. The van der Waals surface area contributed by atoms with Gasteiger partial charge in [-0.3, -0.25) is 38.5 Å². The van der Waals surface area contributed by atoms with Crippen molar-refractivity contribution in [2.45, 2.75) is 44.7 Å². The van der Waals surface area contributed by atoms with Gasteiger partial charge in [0, 0.05) is 61.5 Å². The SMILES string of the molecule is CN(c1ncccc1CNc1nc(Nc2ccc(C(=O)NCc3cn(CCOCCNc4cccc5c4C(=O)N(C4CCC(=O)NC4=O)C5=O)nn3)cc2)ncc1C(F)(F)F)S(C)(=O)=O. The fraction of sp³-hybridized carbons (Fsp3) is 0.300. The van der Waals surface area contributed by atoms with E-state index in [1.165, 1.54) is 60.4 Å². The molecule has 2 aromatic carbocycles. The van der Waals surface area contributed by atoms with Crippen LogP contribution in [0.15, 0.2) is 73.2 Å². The third kappa shape index (κ3) is 10.6. The van der Waals surface area contributed by atoms with E-state index in [1.54, 1.807) is 18.3 Å². The van der Waals surface area contributed by atoms with E-state index >= 15 is 0 Å². The Bertz CT molecular complexity index is 2750. The lowest BCUT2D eigenvalue weighted by atomic mass is 10.0. The molecule has 65 heavy (non-hydrogen) atoms. The number of anilines is 5. The van der Waals surface area contributed by atoms with Crippen LogP contribution in [0.3, 0.4) is 0 Å². The summed E-state index contributed by atoms with van der Waals surface area (Å²) >= 11 is 0. The molecule has 5 amide bonds. The number of ether oxygens (including phenoxy) is 1. The molecular weight excluding hydrogens is 880 g/mol. The molecule has 1 atom stereocenters. The maximum absolute atomic E-state index is 13.9. The summed E-state index contributed by atoms with van der Waals surface area (Å²) in [7, 11) is -2.43. The van der Waals surface area contributed by atoms with Crippen molar-refractivity contribution in [3.63, 3.8) is 0 Å². The second-order valence-corrected chi connectivity index (χ2v) is 16.6. The Labute approximate surface area is 368 Å². The van der Waals surface area contributed by atoms with Crippen LogP contribution in [0.4, 0.5) is 42.1 Å². The van der Waals surface area contributed by atoms with Gasteiger partial charge in [-0.2, -0.15) is 18.2 Å². The number of sulfonamides is 1. The maximum Gasteiger partial charge on any atom is 0.421 e. The Morgan fingerprint density at radius 3 is 2.51 bits per heavy atom. The van der Waals surface area contributed by atoms with E-state index in [0.29, 0.717) is 35.4 Å². The van der Waals surface area contributed by atoms with E-state index < -0.39 is 63.2 Å². The molecule has 0 saturated carbocycles. The number of alkyl halides is 3. The monoisotopic (exact) mass is 919 g/mol. The van der Waals surface area contributed by atoms with Gasteiger partial charge in [-0.05, 0) is 48.9 Å². The van der Waals surface area contributed by atoms with Crippen LogP contribution in [0, 0.1) is 0 Å². The zero-order valence-corrected chi connectivity index (χ0v) is 35.4. The molecule has 0 aliphatic carbocycles. The van der Waals surface area contributed by atoms with Crippen LogP contribution < -0.4 is 30.9 Å². The quantitative estimate of drug-likeness (QED) is 0.0625. The molecule has 1 fully saturated rings. The van der Waals surface area contributed by atoms with Crippen molar-refractivity contribution in [1.29, 1.82) is 0 Å². The van der Waals surface area contributed by atoms with Crippen molar-refractivity contribution >= 4 is 68.5 Å². The van der Waals surface area contributed by atoms with Crippen molar-refractivity contribution in [3.8, 4) is 0 Å². The zero-order valence-electron chi connectivity index (χ0n) is 34.5. The first kappa shape index (κ1) is 45.5. The van der Waals surface area contributed by atoms with E-state index in [9.17, 15) is 45.6 Å². The van der Waals surface area contributed by atoms with Gasteiger partial charge in [0.1, 0.15) is 28.9 Å². The second-order valence-electron chi connectivity index (χ2n) is 14.6. The summed E-state index contributed by atoms with van der Waals surface area (Å²) in [5.41, 5.74) is 0.967. The number of aromatic nitrogens is 6. The number of piperidine rings is 1. The Hall–Kier alpha value is -7.54. The number of rotatable bonds is 18. The molecule has 2 aliphatic rings. The Morgan fingerprint density at radius 1 is 0.985 bits per heavy atom. The highest BCUT2D eigenvalue weighted by Crippen LogP contribution is 2.35. The first-order chi connectivity index (χ1) is 31.0. The van der Waals surface area contributed by atoms with Gasteiger partial charge < -0.3 is 26.0 Å². The van der Waals surface area contributed by atoms with E-state index in [0.717, 1.165) is 15.5 Å². The molecule has 0 radical (unpaired) electrons. The lowest BCUT2D eigenvalue weighted by molar-refractivity contribution is -0.138. The zero-order chi connectivity index (χ0) is 46.5. The van der Waals surface area contributed by atoms with Crippen molar-refractivity contribution < 1.29 is 50.3 Å². The van der Waals surface area contributed by atoms with Crippen molar-refractivity contribution in [3.05, 3.63) is 107 Å². The van der Waals surface area contributed by atoms with Crippen LogP contribution >= 0.6 is 0 Å². The number of nitrogens with one attached hydrogen (secondary N) is 5. The first-order valence-electron chi connectivity index (χ1n) is 19.7. The van der Waals surface area contributed by atoms with Gasteiger partial charge in [-0.25, -0.2) is 23.1 Å². The van der Waals surface area contributed by atoms with Gasteiger partial charge in [0.15, 0.2) is 0 Å². The van der Waals surface area contributed by atoms with Crippen molar-refractivity contribution in [2.24, 2.45) is 0 Å². The molecular formula is C40H40F3N13O8S. The summed E-state index contributed by atoms with van der Waals surface area (Å²) in [5, 5.41) is 21.6. The number of amides is 5. The number of halogens is 3. The number of hydrogen-bond donors (Lipinski definition) is 5. The third-order valence-electron chi connectivity index (χ3n) is 10.1. The molecule has 0 spiro atoms. The molecule has 7 rings (SSSR count). The van der Waals surface area contributed by atoms with Crippen LogP contribution in [-0.2, 0) is 50.2 Å². The summed E-state index contributed by atoms with van der Waals surface area (Å²) in [4.78, 5) is 76.0. The number of pyridine rings is 1. The van der Waals surface area contributed by atoms with Crippen molar-refractivity contribution in [1.82, 2.24) is 45.5 Å². The highest BCUT2D eigenvalue weighted by Gasteiger charge is 2.45. The Morgan fingerprint density at radius 2 is 1.77 bits per heavy atom. The van der Waals surface area contributed by atoms with Crippen LogP contribution in [0.2, 0.25) is 0 Å². The molecule has 1 saturated heterocycles. The molecule has 340 valence electrons. The number of imide groups is 2. The minimum atomic E-state index is -4.81. The van der Waals surface area contributed by atoms with Gasteiger partial charge in [0.2, 0.25) is 27.8 Å². The number of fused-ring (bicyclic) bond motifs is 1. The van der Waals surface area contributed by atoms with Gasteiger partial charge >= 0.3 is 6.18 Å². The van der Waals surface area contributed by atoms with Gasteiger partial charge in [0.25, 0.3) is 17.7 Å². The lowest BCUT2D eigenvalue weighted by Crippen LogP contribution is -2.54. The minimum absolute atomic E-state index is 0.0193. The molecule has 5 N–H and O–H groups in total. The average molecular weight is 920 g/mol. The predicted octanol–water partition coefficient (Wildman–Crippen LogP) is 2.69. The molecule has 21 nitrogen and oxygen atoms in total. The largest absolute Gasteiger partial charge is 0.421 e. The van der Waals surface area contributed by atoms with Crippen LogP contribution in [-0.4, -0.2) is 112 Å². The second kappa shape index (κ2) is 19.1. The normalized spacial score (nSPS) is 15.1. The van der Waals surface area contributed by atoms with Gasteiger partial charge in [-0.1, -0.05) is 17.3 Å². The average Bonchev–Trinajstić information content (AvgIpc) is 3.83. The van der Waals surface area contributed by atoms with Crippen LogP contribution in [0.5, 0.6) is 0 Å². The van der Waals surface area contributed by atoms with Crippen LogP contribution in [0.1, 0.15) is 60.7 Å². The highest BCUT2D eigenvalue weighted by molar-refractivity contribution is 7.92. The molecule has 2 aliphatic heterocycles. The number of nitrogens with zero attached hydrogens (tertiary/aromatic N) is 8. The number of benzene rings is 2. The smallest absolute Gasteiger partial charge is 0.382 e. The van der Waals surface area contributed by atoms with Crippen LogP contribution in [0.25, 0.3) is 0 Å². The summed E-state index contributed by atoms with van der Waals surface area (Å²) in [6.07, 6.45) is -0.154. The summed E-state index contributed by atoms with van der Waals surface area (Å²) < 4.78 is 74.1. The Balaban J connectivity index is 0.856. The summed E-state index contributed by atoms with van der Waals surface area (Å²) in [5.74, 6) is -3.52. The van der Waals surface area contributed by atoms with E-state index in [1.807, 2.05) is 0 Å². The number of carbonyl (C=O) groups excluding carboxylic acids is 5. The molecule has 5 aromatic rings. The van der Waals surface area contributed by atoms with E-state index in [4.69, 9.17) is 4.74 Å². The third-order valence-corrected chi connectivity index (χ3v) is 11.3. The Kier molecular flexibility index (Phi) is 13.3. The molecule has 1 unspecified atom stereocenters. The molecule has 25 heteroatoms. The summed E-state index contributed by atoms with van der Waals surface area (Å²) in [6.45, 7) is 0.895. The lowest BCUT2D eigenvalue weighted by Gasteiger charge is -2.27. The van der Waals surface area contributed by atoms with Gasteiger partial charge in [-0.15, -0.1) is 5.10 Å². The standard InChI is InChI=1S/C40H40F3N13O8S/c1-54(65(2,62)63)34-24(5-4-14-45-34)19-46-33-28(40(41,42)43)21-48-39(51-33)49-25-10-8-23(9-11-25)35(58)47-20-26-22-55(53-52-26)16-18-64-17-15-44-29-7-3-6-27-32(29)38(61)56(37(27)60)30-12-13-31(57)50-36(30)59/h3-11,14,21-22,30,44H,12-13,15-20H2,1-2H3,(H,47,58)(H,50,57,59)(H2,46,48,49,51). The number of hydrogen-bond acceptors (Lipinski definition) is 16. The molecule has 3 aromatic heterocycles. The maximum atomic E-state index is 13.9. The minimum Gasteiger partial charge on any atom is -0.382 e. The molecule has 5 heterocycles. The summed E-state index contributed by atoms with van der Waals surface area (Å²) in [6, 6.07) is 12.8. The highest BCUT2D eigenvalue weighted by atomic mass is 32.2. The fourth-order valence-electron chi connectivity index (χ4n) is 6.79. The predicted molar refractivity (Wildman–Crippen MR) is 225 cm³/mol. The van der Waals surface area contributed by atoms with E-state index in [2.05, 4.69) is 51.8 Å². The fourth-order valence-corrected chi connectivity index (χ4v) is 7.27.